The summed E-state index contributed by atoms with van der Waals surface area (Å²) in [6.45, 7) is 2.75. The predicted octanol–water partition coefficient (Wildman–Crippen LogP) is -2.17. The van der Waals surface area contributed by atoms with Crippen LogP contribution < -0.4 is 0 Å². The van der Waals surface area contributed by atoms with Crippen molar-refractivity contribution in [2.75, 3.05) is 13.2 Å². The minimum Gasteiger partial charge on any atom is -0.394 e. The monoisotopic (exact) mass is 380 g/mol. The maximum absolute atomic E-state index is 9.99. The van der Waals surface area contributed by atoms with Crippen molar-refractivity contribution in [3.8, 4) is 23.7 Å². The first-order valence-electron chi connectivity index (χ1n) is 8.16. The number of aliphatic hydroxyl groups excluding tert-OH is 6. The summed E-state index contributed by atoms with van der Waals surface area (Å²) in [4.78, 5) is 0. The van der Waals surface area contributed by atoms with Gasteiger partial charge in [-0.3, -0.25) is 0 Å². The van der Waals surface area contributed by atoms with Crippen molar-refractivity contribution in [3.63, 3.8) is 0 Å². The van der Waals surface area contributed by atoms with Crippen LogP contribution >= 0.6 is 0 Å². The van der Waals surface area contributed by atoms with Crippen molar-refractivity contribution in [2.45, 2.75) is 42.9 Å². The Morgan fingerprint density at radius 2 is 1.70 bits per heavy atom. The summed E-state index contributed by atoms with van der Waals surface area (Å²) < 4.78 is 10.7. The molecular formula is C19H24O8. The molecule has 8 nitrogen and oxygen atoms in total. The lowest BCUT2D eigenvalue weighted by Gasteiger charge is -2.40. The van der Waals surface area contributed by atoms with Crippen LogP contribution in [0.25, 0.3) is 0 Å². The van der Waals surface area contributed by atoms with E-state index in [2.05, 4.69) is 30.3 Å². The first-order valence-corrected chi connectivity index (χ1v) is 8.16. The molecule has 7 atom stereocenters. The number of rotatable bonds is 7. The van der Waals surface area contributed by atoms with E-state index in [1.165, 1.54) is 30.4 Å². The standard InChI is InChI=1S/C19H24O8/c1-2-13(22)14(10-8-6-4-3-5-7-9-11-20)26-19-18(25)17(24)16(23)15(12-21)27-19/h2,7-10,13-25H,1,11-12H2/b9-7+,10-8+/t13-,14-,15-,16-,17+,18-,19-/m1/s1. The topological polar surface area (TPSA) is 140 Å². The Kier molecular flexibility index (Phi) is 10.6. The summed E-state index contributed by atoms with van der Waals surface area (Å²) in [5, 5.41) is 57.2. The Balaban J connectivity index is 2.81. The number of hydrogen-bond donors (Lipinski definition) is 6. The first kappa shape index (κ1) is 23.1. The Morgan fingerprint density at radius 1 is 1.04 bits per heavy atom. The van der Waals surface area contributed by atoms with Crippen LogP contribution in [0.5, 0.6) is 0 Å². The van der Waals surface area contributed by atoms with Crippen molar-refractivity contribution in [1.82, 2.24) is 0 Å². The van der Waals surface area contributed by atoms with Crippen molar-refractivity contribution in [3.05, 3.63) is 37.0 Å². The molecule has 0 aromatic carbocycles. The van der Waals surface area contributed by atoms with Crippen LogP contribution in [0.15, 0.2) is 37.0 Å². The van der Waals surface area contributed by atoms with Crippen LogP contribution in [0.4, 0.5) is 0 Å². The molecule has 8 heteroatoms. The molecule has 0 bridgehead atoms. The van der Waals surface area contributed by atoms with Gasteiger partial charge in [0.25, 0.3) is 0 Å². The fraction of sp³-hybridized carbons (Fsp3) is 0.474. The third-order valence-electron chi connectivity index (χ3n) is 3.60. The Hall–Kier alpha value is -1.98. The minimum atomic E-state index is -1.59. The van der Waals surface area contributed by atoms with E-state index in [-0.39, 0.29) is 6.61 Å². The van der Waals surface area contributed by atoms with Crippen molar-refractivity contribution >= 4 is 0 Å². The van der Waals surface area contributed by atoms with Gasteiger partial charge in [-0.15, -0.1) is 6.58 Å². The van der Waals surface area contributed by atoms with Crippen LogP contribution in [0.3, 0.4) is 0 Å². The second kappa shape index (κ2) is 12.4. The number of ether oxygens (including phenoxy) is 2. The van der Waals surface area contributed by atoms with Gasteiger partial charge in [0.2, 0.25) is 0 Å². The molecule has 0 saturated carbocycles. The summed E-state index contributed by atoms with van der Waals surface area (Å²) in [6.07, 6.45) is -2.56. The summed E-state index contributed by atoms with van der Waals surface area (Å²) in [6, 6.07) is 0. The molecule has 27 heavy (non-hydrogen) atoms. The second-order valence-corrected chi connectivity index (χ2v) is 5.51. The third kappa shape index (κ3) is 7.27. The molecule has 0 unspecified atom stereocenters. The molecule has 0 aromatic rings. The summed E-state index contributed by atoms with van der Waals surface area (Å²) >= 11 is 0. The van der Waals surface area contributed by atoms with Gasteiger partial charge in [-0.25, -0.2) is 0 Å². The molecule has 1 heterocycles. The number of aliphatic hydroxyl groups is 6. The average molecular weight is 380 g/mol. The normalized spacial score (nSPS) is 30.2. The van der Waals surface area contributed by atoms with E-state index in [9.17, 15) is 25.5 Å². The van der Waals surface area contributed by atoms with E-state index in [4.69, 9.17) is 14.6 Å². The molecule has 1 aliphatic heterocycles. The first-order chi connectivity index (χ1) is 13.0. The Bertz CT molecular complexity index is 634. The SMILES string of the molecule is C=C[C@@H](O)[C@@H](/C=C/C#CC#C/C=C/CO)O[C@@H]1O[C@H](CO)[C@@H](O)[C@H](O)[C@H]1O. The molecule has 1 aliphatic rings. The molecule has 1 rings (SSSR count). The fourth-order valence-electron chi connectivity index (χ4n) is 2.12. The number of hydrogen-bond acceptors (Lipinski definition) is 8. The molecule has 0 aromatic heterocycles. The van der Waals surface area contributed by atoms with Crippen molar-refractivity contribution in [2.24, 2.45) is 0 Å². The van der Waals surface area contributed by atoms with Crippen LogP contribution in [0, 0.1) is 23.7 Å². The summed E-state index contributed by atoms with van der Waals surface area (Å²) in [5.41, 5.74) is 0. The van der Waals surface area contributed by atoms with E-state index < -0.39 is 49.5 Å². The lowest BCUT2D eigenvalue weighted by Crippen LogP contribution is -2.60. The van der Waals surface area contributed by atoms with E-state index in [1.54, 1.807) is 0 Å². The van der Waals surface area contributed by atoms with Gasteiger partial charge in [0.05, 0.1) is 13.2 Å². The highest BCUT2D eigenvalue weighted by atomic mass is 16.7. The molecule has 1 saturated heterocycles. The summed E-state index contributed by atoms with van der Waals surface area (Å²) in [5.74, 6) is 10.2. The van der Waals surface area contributed by atoms with Crippen LogP contribution in [0.2, 0.25) is 0 Å². The Labute approximate surface area is 157 Å². The van der Waals surface area contributed by atoms with Gasteiger partial charge in [0.1, 0.15) is 36.6 Å². The van der Waals surface area contributed by atoms with E-state index in [0.29, 0.717) is 0 Å². The average Bonchev–Trinajstić information content (AvgIpc) is 2.68. The lowest BCUT2D eigenvalue weighted by atomic mass is 9.99. The van der Waals surface area contributed by atoms with Crippen LogP contribution in [-0.2, 0) is 9.47 Å². The zero-order valence-electron chi connectivity index (χ0n) is 14.5. The highest BCUT2D eigenvalue weighted by molar-refractivity contribution is 5.34. The zero-order valence-corrected chi connectivity index (χ0v) is 14.5. The Morgan fingerprint density at radius 3 is 2.30 bits per heavy atom. The third-order valence-corrected chi connectivity index (χ3v) is 3.60. The molecule has 1 fully saturated rings. The van der Waals surface area contributed by atoms with Crippen molar-refractivity contribution < 1.29 is 40.1 Å². The van der Waals surface area contributed by atoms with Gasteiger partial charge >= 0.3 is 0 Å². The van der Waals surface area contributed by atoms with E-state index in [0.717, 1.165) is 0 Å². The molecule has 6 N–H and O–H groups in total. The molecular weight excluding hydrogens is 356 g/mol. The smallest absolute Gasteiger partial charge is 0.187 e. The van der Waals surface area contributed by atoms with Crippen LogP contribution in [0.1, 0.15) is 0 Å². The molecule has 148 valence electrons. The van der Waals surface area contributed by atoms with Crippen molar-refractivity contribution in [1.29, 1.82) is 0 Å². The largest absolute Gasteiger partial charge is 0.394 e. The van der Waals surface area contributed by atoms with Gasteiger partial charge in [0, 0.05) is 0 Å². The van der Waals surface area contributed by atoms with E-state index >= 15 is 0 Å². The lowest BCUT2D eigenvalue weighted by molar-refractivity contribution is -0.311. The highest BCUT2D eigenvalue weighted by Crippen LogP contribution is 2.23. The number of allylic oxidation sites excluding steroid dienone is 2. The van der Waals surface area contributed by atoms with Gasteiger partial charge < -0.3 is 40.1 Å². The zero-order chi connectivity index (χ0) is 20.2. The van der Waals surface area contributed by atoms with Crippen LogP contribution in [-0.4, -0.2) is 86.8 Å². The predicted molar refractivity (Wildman–Crippen MR) is 95.8 cm³/mol. The molecule has 0 radical (unpaired) electrons. The fourth-order valence-corrected chi connectivity index (χ4v) is 2.12. The molecule has 0 aliphatic carbocycles. The van der Waals surface area contributed by atoms with Gasteiger partial charge in [-0.1, -0.05) is 24.0 Å². The maximum Gasteiger partial charge on any atom is 0.187 e. The van der Waals surface area contributed by atoms with Gasteiger partial charge in [-0.2, -0.15) is 0 Å². The van der Waals surface area contributed by atoms with Gasteiger partial charge in [-0.05, 0) is 30.1 Å². The highest BCUT2D eigenvalue weighted by Gasteiger charge is 2.45. The summed E-state index contributed by atoms with van der Waals surface area (Å²) in [7, 11) is 0. The molecule has 0 spiro atoms. The van der Waals surface area contributed by atoms with E-state index in [1.807, 2.05) is 0 Å². The quantitative estimate of drug-likeness (QED) is 0.217. The molecule has 0 amide bonds. The maximum atomic E-state index is 9.99. The van der Waals surface area contributed by atoms with Gasteiger partial charge in [0.15, 0.2) is 6.29 Å². The second-order valence-electron chi connectivity index (χ2n) is 5.51. The minimum absolute atomic E-state index is 0.113.